The number of carboxylic acids is 1. The highest BCUT2D eigenvalue weighted by molar-refractivity contribution is 5.79. The fraction of sp³-hybridized carbons (Fsp3) is 0.462. The van der Waals surface area contributed by atoms with Crippen LogP contribution in [0.1, 0.15) is 37.2 Å². The van der Waals surface area contributed by atoms with E-state index < -0.39 is 11.6 Å². The molecule has 1 saturated carbocycles. The van der Waals surface area contributed by atoms with Crippen LogP contribution in [0.4, 0.5) is 0 Å². The van der Waals surface area contributed by atoms with Gasteiger partial charge >= 0.3 is 5.97 Å². The van der Waals surface area contributed by atoms with Crippen molar-refractivity contribution in [3.05, 3.63) is 35.9 Å². The van der Waals surface area contributed by atoms with Crippen LogP contribution in [0.25, 0.3) is 0 Å². The van der Waals surface area contributed by atoms with Crippen LogP contribution in [0.3, 0.4) is 0 Å². The van der Waals surface area contributed by atoms with E-state index in [-0.39, 0.29) is 5.92 Å². The Hall–Kier alpha value is -1.35. The fourth-order valence-electron chi connectivity index (χ4n) is 2.54. The maximum Gasteiger partial charge on any atom is 0.336 e. The lowest BCUT2D eigenvalue weighted by Gasteiger charge is -2.36. The number of hydrogen-bond donors (Lipinski definition) is 2. The topological polar surface area (TPSA) is 57.5 Å². The first kappa shape index (κ1) is 11.1. The molecule has 0 bridgehead atoms. The zero-order valence-electron chi connectivity index (χ0n) is 9.10. The van der Waals surface area contributed by atoms with Crippen molar-refractivity contribution in [1.82, 2.24) is 0 Å². The second-order valence-electron chi connectivity index (χ2n) is 4.44. The third-order valence-corrected chi connectivity index (χ3v) is 3.45. The van der Waals surface area contributed by atoms with E-state index in [0.717, 1.165) is 24.8 Å². The molecule has 0 aromatic heterocycles. The van der Waals surface area contributed by atoms with Crippen LogP contribution in [-0.2, 0) is 4.79 Å². The van der Waals surface area contributed by atoms with Gasteiger partial charge in [-0.2, -0.15) is 0 Å². The van der Waals surface area contributed by atoms with Gasteiger partial charge in [-0.3, -0.25) is 0 Å². The van der Waals surface area contributed by atoms with Crippen LogP contribution in [0.5, 0.6) is 0 Å². The highest BCUT2D eigenvalue weighted by Crippen LogP contribution is 2.40. The van der Waals surface area contributed by atoms with E-state index in [2.05, 4.69) is 0 Å². The molecule has 3 heteroatoms. The minimum Gasteiger partial charge on any atom is -0.479 e. The molecule has 0 aliphatic heterocycles. The average Bonchev–Trinajstić information content (AvgIpc) is 2.30. The monoisotopic (exact) mass is 220 g/mol. The van der Waals surface area contributed by atoms with Crippen LogP contribution in [-0.4, -0.2) is 21.8 Å². The molecule has 0 heterocycles. The van der Waals surface area contributed by atoms with Gasteiger partial charge in [-0.25, -0.2) is 4.79 Å². The lowest BCUT2D eigenvalue weighted by Crippen LogP contribution is -2.46. The van der Waals surface area contributed by atoms with Crippen LogP contribution in [0.15, 0.2) is 30.3 Å². The van der Waals surface area contributed by atoms with Gasteiger partial charge in [-0.1, -0.05) is 36.8 Å². The molecule has 0 unspecified atom stereocenters. The summed E-state index contributed by atoms with van der Waals surface area (Å²) >= 11 is 0. The SMILES string of the molecule is O=C(O)[C@@]1(O)CCCC[C@@H]1c1ccccc1. The van der Waals surface area contributed by atoms with E-state index in [1.54, 1.807) is 0 Å². The zero-order valence-corrected chi connectivity index (χ0v) is 9.10. The number of carboxylic acid groups (broad SMARTS) is 1. The quantitative estimate of drug-likeness (QED) is 0.803. The lowest BCUT2D eigenvalue weighted by molar-refractivity contribution is -0.164. The molecule has 86 valence electrons. The van der Waals surface area contributed by atoms with Crippen molar-refractivity contribution in [2.45, 2.75) is 37.2 Å². The number of aliphatic carboxylic acids is 1. The summed E-state index contributed by atoms with van der Waals surface area (Å²) in [6, 6.07) is 9.44. The van der Waals surface area contributed by atoms with Crippen molar-refractivity contribution >= 4 is 5.97 Å². The average molecular weight is 220 g/mol. The molecule has 1 aliphatic rings. The van der Waals surface area contributed by atoms with Gasteiger partial charge in [0.15, 0.2) is 5.60 Å². The smallest absolute Gasteiger partial charge is 0.336 e. The summed E-state index contributed by atoms with van der Waals surface area (Å²) in [6.07, 6.45) is 2.86. The highest BCUT2D eigenvalue weighted by Gasteiger charge is 2.46. The van der Waals surface area contributed by atoms with E-state index in [1.807, 2.05) is 30.3 Å². The van der Waals surface area contributed by atoms with E-state index in [0.29, 0.717) is 6.42 Å². The van der Waals surface area contributed by atoms with E-state index in [1.165, 1.54) is 0 Å². The largest absolute Gasteiger partial charge is 0.479 e. The summed E-state index contributed by atoms with van der Waals surface area (Å²) in [5.74, 6) is -1.37. The Morgan fingerprint density at radius 2 is 1.94 bits per heavy atom. The summed E-state index contributed by atoms with van der Waals surface area (Å²) in [6.45, 7) is 0. The van der Waals surface area contributed by atoms with Crippen molar-refractivity contribution in [2.75, 3.05) is 0 Å². The van der Waals surface area contributed by atoms with Gasteiger partial charge in [-0.05, 0) is 24.8 Å². The van der Waals surface area contributed by atoms with Crippen molar-refractivity contribution in [2.24, 2.45) is 0 Å². The van der Waals surface area contributed by atoms with E-state index in [9.17, 15) is 15.0 Å². The Morgan fingerprint density at radius 3 is 2.56 bits per heavy atom. The summed E-state index contributed by atoms with van der Waals surface area (Å²) in [5, 5.41) is 19.4. The zero-order chi connectivity index (χ0) is 11.6. The molecule has 0 spiro atoms. The van der Waals surface area contributed by atoms with Gasteiger partial charge in [0.1, 0.15) is 0 Å². The third-order valence-electron chi connectivity index (χ3n) is 3.45. The van der Waals surface area contributed by atoms with Gasteiger partial charge in [-0.15, -0.1) is 0 Å². The highest BCUT2D eigenvalue weighted by atomic mass is 16.4. The lowest BCUT2D eigenvalue weighted by atomic mass is 9.72. The Balaban J connectivity index is 2.34. The second kappa shape index (κ2) is 4.26. The Kier molecular flexibility index (Phi) is 2.97. The molecular weight excluding hydrogens is 204 g/mol. The first-order valence-corrected chi connectivity index (χ1v) is 5.65. The minimum atomic E-state index is -1.58. The molecule has 2 rings (SSSR count). The molecule has 2 atom stereocenters. The maximum absolute atomic E-state index is 11.2. The molecule has 3 nitrogen and oxygen atoms in total. The Labute approximate surface area is 94.7 Å². The standard InChI is InChI=1S/C13H16O3/c14-12(15)13(16)9-5-4-8-11(13)10-6-2-1-3-7-10/h1-3,6-7,11,16H,4-5,8-9H2,(H,14,15)/t11-,13-/m1/s1. The first-order chi connectivity index (χ1) is 7.64. The van der Waals surface area contributed by atoms with Gasteiger partial charge < -0.3 is 10.2 Å². The minimum absolute atomic E-state index is 0.278. The molecule has 1 aromatic carbocycles. The molecule has 0 saturated heterocycles. The van der Waals surface area contributed by atoms with Gasteiger partial charge in [0.05, 0.1) is 0 Å². The van der Waals surface area contributed by atoms with Gasteiger partial charge in [0.25, 0.3) is 0 Å². The van der Waals surface area contributed by atoms with E-state index in [4.69, 9.17) is 0 Å². The van der Waals surface area contributed by atoms with Gasteiger partial charge in [0.2, 0.25) is 0 Å². The molecular formula is C13H16O3. The summed E-state index contributed by atoms with van der Waals surface area (Å²) < 4.78 is 0. The maximum atomic E-state index is 11.2. The van der Waals surface area contributed by atoms with Crippen LogP contribution < -0.4 is 0 Å². The number of benzene rings is 1. The number of rotatable bonds is 2. The van der Waals surface area contributed by atoms with Gasteiger partial charge in [0, 0.05) is 5.92 Å². The predicted octanol–water partition coefficient (Wildman–Crippen LogP) is 2.16. The number of carbonyl (C=O) groups is 1. The number of hydrogen-bond acceptors (Lipinski definition) is 2. The molecule has 1 aliphatic carbocycles. The molecule has 2 N–H and O–H groups in total. The molecule has 0 radical (unpaired) electrons. The molecule has 1 fully saturated rings. The van der Waals surface area contributed by atoms with Crippen molar-refractivity contribution < 1.29 is 15.0 Å². The summed E-state index contributed by atoms with van der Waals surface area (Å²) in [5.41, 5.74) is -0.660. The summed E-state index contributed by atoms with van der Waals surface area (Å²) in [4.78, 5) is 11.2. The third kappa shape index (κ3) is 1.83. The predicted molar refractivity (Wildman–Crippen MR) is 60.2 cm³/mol. The van der Waals surface area contributed by atoms with Crippen LogP contribution in [0, 0.1) is 0 Å². The second-order valence-corrected chi connectivity index (χ2v) is 4.44. The van der Waals surface area contributed by atoms with E-state index >= 15 is 0 Å². The van der Waals surface area contributed by atoms with Crippen molar-refractivity contribution in [3.8, 4) is 0 Å². The van der Waals surface area contributed by atoms with Crippen LogP contribution >= 0.6 is 0 Å². The molecule has 16 heavy (non-hydrogen) atoms. The Morgan fingerprint density at radius 1 is 1.25 bits per heavy atom. The first-order valence-electron chi connectivity index (χ1n) is 5.65. The van der Waals surface area contributed by atoms with Crippen molar-refractivity contribution in [1.29, 1.82) is 0 Å². The fourth-order valence-corrected chi connectivity index (χ4v) is 2.54. The van der Waals surface area contributed by atoms with Crippen LogP contribution in [0.2, 0.25) is 0 Å². The summed E-state index contributed by atoms with van der Waals surface area (Å²) in [7, 11) is 0. The molecule has 0 amide bonds. The number of aliphatic hydroxyl groups is 1. The van der Waals surface area contributed by atoms with Crippen molar-refractivity contribution in [3.63, 3.8) is 0 Å². The molecule has 1 aromatic rings. The normalized spacial score (nSPS) is 29.9. The Bertz CT molecular complexity index is 374.